The van der Waals surface area contributed by atoms with Crippen LogP contribution in [-0.2, 0) is 0 Å². The number of benzene rings is 1. The van der Waals surface area contributed by atoms with E-state index in [2.05, 4.69) is 21.5 Å². The third-order valence-electron chi connectivity index (χ3n) is 4.35. The van der Waals surface area contributed by atoms with Crippen molar-refractivity contribution in [2.75, 3.05) is 5.32 Å². The van der Waals surface area contributed by atoms with Crippen molar-refractivity contribution >= 4 is 33.6 Å². The number of nitriles is 1. The predicted molar refractivity (Wildman–Crippen MR) is 111 cm³/mol. The van der Waals surface area contributed by atoms with Crippen molar-refractivity contribution in [2.45, 2.75) is 13.8 Å². The monoisotopic (exact) mass is 423 g/mol. The highest BCUT2D eigenvalue weighted by atomic mass is 32.1. The quantitative estimate of drug-likeness (QED) is 0.504. The van der Waals surface area contributed by atoms with Crippen LogP contribution in [0.1, 0.15) is 26.6 Å². The molecule has 4 aromatic rings. The van der Waals surface area contributed by atoms with Crippen molar-refractivity contribution in [3.05, 3.63) is 69.4 Å². The lowest BCUT2D eigenvalue weighted by atomic mass is 10.2. The first-order valence-electron chi connectivity index (χ1n) is 8.56. The summed E-state index contributed by atoms with van der Waals surface area (Å²) in [6.45, 7) is 3.74. The van der Waals surface area contributed by atoms with E-state index < -0.39 is 5.91 Å². The van der Waals surface area contributed by atoms with Crippen LogP contribution in [0, 0.1) is 31.0 Å². The number of anilines is 1. The van der Waals surface area contributed by atoms with Crippen molar-refractivity contribution in [3.8, 4) is 22.5 Å². The number of carbonyl (C=O) groups is 1. The molecule has 4 rings (SSSR count). The number of aryl methyl sites for hydroxylation is 1. The zero-order chi connectivity index (χ0) is 20.5. The highest BCUT2D eigenvalue weighted by Crippen LogP contribution is 2.32. The molecule has 0 unspecified atom stereocenters. The van der Waals surface area contributed by atoms with Crippen LogP contribution in [0.2, 0.25) is 0 Å². The van der Waals surface area contributed by atoms with Crippen LogP contribution >= 0.6 is 22.7 Å². The number of nitrogens with zero attached hydrogens (tertiary/aromatic N) is 4. The maximum absolute atomic E-state index is 13.3. The molecule has 0 radical (unpaired) electrons. The first-order chi connectivity index (χ1) is 14.0. The number of hydrogen-bond acceptors (Lipinski definition) is 6. The second-order valence-electron chi connectivity index (χ2n) is 6.18. The van der Waals surface area contributed by atoms with E-state index in [1.54, 1.807) is 12.1 Å². The average Bonchev–Trinajstić information content (AvgIpc) is 3.43. The first-order valence-corrected chi connectivity index (χ1v) is 10.3. The summed E-state index contributed by atoms with van der Waals surface area (Å²) < 4.78 is 14.8. The Hall–Kier alpha value is -3.35. The second kappa shape index (κ2) is 7.58. The van der Waals surface area contributed by atoms with E-state index in [0.29, 0.717) is 22.1 Å². The van der Waals surface area contributed by atoms with Crippen LogP contribution < -0.4 is 5.32 Å². The SMILES string of the molecule is Cc1sc(NC(=O)c2nc(-c3cccs3)n(-c3ccc(F)cc3)n2)c(C#N)c1C. The molecule has 0 spiro atoms. The van der Waals surface area contributed by atoms with E-state index in [0.717, 1.165) is 15.3 Å². The molecule has 0 saturated heterocycles. The molecule has 6 nitrogen and oxygen atoms in total. The number of hydrogen-bond donors (Lipinski definition) is 1. The fourth-order valence-corrected chi connectivity index (χ4v) is 4.45. The van der Waals surface area contributed by atoms with Gasteiger partial charge in [0.1, 0.15) is 16.9 Å². The van der Waals surface area contributed by atoms with Crippen molar-refractivity contribution in [3.63, 3.8) is 0 Å². The molecule has 3 heterocycles. The van der Waals surface area contributed by atoms with E-state index in [1.165, 1.54) is 39.5 Å². The Labute approximate surface area is 173 Å². The molecule has 1 N–H and O–H groups in total. The Balaban J connectivity index is 1.74. The number of rotatable bonds is 4. The Morgan fingerprint density at radius 1 is 1.24 bits per heavy atom. The van der Waals surface area contributed by atoms with Crippen LogP contribution in [0.5, 0.6) is 0 Å². The molecule has 3 aromatic heterocycles. The summed E-state index contributed by atoms with van der Waals surface area (Å²) in [5.74, 6) is -0.431. The number of halogens is 1. The van der Waals surface area contributed by atoms with Crippen molar-refractivity contribution < 1.29 is 9.18 Å². The lowest BCUT2D eigenvalue weighted by molar-refractivity contribution is 0.101. The van der Waals surface area contributed by atoms with Gasteiger partial charge in [0.05, 0.1) is 16.1 Å². The standard InChI is InChI=1S/C20H14FN5OS2/c1-11-12(2)29-20(15(11)10-22)24-19(27)17-23-18(16-4-3-9-28-16)26(25-17)14-7-5-13(21)6-8-14/h3-9H,1-2H3,(H,24,27). The van der Waals surface area contributed by atoms with Gasteiger partial charge in [-0.15, -0.1) is 27.8 Å². The maximum atomic E-state index is 13.3. The molecule has 0 aliphatic carbocycles. The average molecular weight is 423 g/mol. The van der Waals surface area contributed by atoms with E-state index in [9.17, 15) is 14.4 Å². The molecule has 1 aromatic carbocycles. The largest absolute Gasteiger partial charge is 0.310 e. The van der Waals surface area contributed by atoms with Crippen LogP contribution in [-0.4, -0.2) is 20.7 Å². The molecule has 29 heavy (non-hydrogen) atoms. The van der Waals surface area contributed by atoms with Gasteiger partial charge >= 0.3 is 0 Å². The van der Waals surface area contributed by atoms with Gasteiger partial charge in [-0.3, -0.25) is 4.79 Å². The first kappa shape index (κ1) is 19.0. The number of nitrogens with one attached hydrogen (secondary N) is 1. The van der Waals surface area contributed by atoms with E-state index in [1.807, 2.05) is 31.4 Å². The summed E-state index contributed by atoms with van der Waals surface area (Å²) >= 11 is 2.80. The molecular weight excluding hydrogens is 409 g/mol. The van der Waals surface area contributed by atoms with Gasteiger partial charge < -0.3 is 5.32 Å². The highest BCUT2D eigenvalue weighted by molar-refractivity contribution is 7.16. The van der Waals surface area contributed by atoms with Gasteiger partial charge in [-0.05, 0) is 55.1 Å². The number of aromatic nitrogens is 3. The summed E-state index contributed by atoms with van der Waals surface area (Å²) in [7, 11) is 0. The van der Waals surface area contributed by atoms with Crippen LogP contribution in [0.3, 0.4) is 0 Å². The molecule has 9 heteroatoms. The predicted octanol–water partition coefficient (Wildman–Crippen LogP) is 4.94. The minimum absolute atomic E-state index is 0.0367. The Kier molecular flexibility index (Phi) is 4.96. The van der Waals surface area contributed by atoms with E-state index >= 15 is 0 Å². The Bertz CT molecular complexity index is 1230. The number of amides is 1. The van der Waals surface area contributed by atoms with Gasteiger partial charge in [-0.25, -0.2) is 14.1 Å². The second-order valence-corrected chi connectivity index (χ2v) is 8.35. The zero-order valence-electron chi connectivity index (χ0n) is 15.4. The molecule has 1 amide bonds. The summed E-state index contributed by atoms with van der Waals surface area (Å²) in [4.78, 5) is 19.0. The van der Waals surface area contributed by atoms with Gasteiger partial charge in [0.25, 0.3) is 5.91 Å². The molecule has 0 saturated carbocycles. The molecule has 144 valence electrons. The molecule has 0 aliphatic heterocycles. The number of carbonyl (C=O) groups excluding carboxylic acids is 1. The van der Waals surface area contributed by atoms with Gasteiger partial charge in [-0.1, -0.05) is 6.07 Å². The molecule has 0 aliphatic rings. The Morgan fingerprint density at radius 2 is 2.00 bits per heavy atom. The fourth-order valence-electron chi connectivity index (χ4n) is 2.74. The lowest BCUT2D eigenvalue weighted by Gasteiger charge is -2.04. The summed E-state index contributed by atoms with van der Waals surface area (Å²) in [5.41, 5.74) is 1.87. The summed E-state index contributed by atoms with van der Waals surface area (Å²) in [6, 6.07) is 11.7. The topological polar surface area (TPSA) is 83.6 Å². The van der Waals surface area contributed by atoms with Crippen LogP contribution in [0.25, 0.3) is 16.4 Å². The van der Waals surface area contributed by atoms with Crippen molar-refractivity contribution in [1.82, 2.24) is 14.8 Å². The molecule has 0 atom stereocenters. The van der Waals surface area contributed by atoms with E-state index in [-0.39, 0.29) is 11.6 Å². The third kappa shape index (κ3) is 3.55. The molecular formula is C20H14FN5OS2. The maximum Gasteiger partial charge on any atom is 0.296 e. The van der Waals surface area contributed by atoms with Gasteiger partial charge in [0.2, 0.25) is 5.82 Å². The highest BCUT2D eigenvalue weighted by Gasteiger charge is 2.22. The lowest BCUT2D eigenvalue weighted by Crippen LogP contribution is -2.14. The Morgan fingerprint density at radius 3 is 2.66 bits per heavy atom. The minimum atomic E-state index is -0.513. The zero-order valence-corrected chi connectivity index (χ0v) is 17.1. The molecule has 0 fully saturated rings. The normalized spacial score (nSPS) is 10.7. The fraction of sp³-hybridized carbons (Fsp3) is 0.100. The van der Waals surface area contributed by atoms with Crippen LogP contribution in [0.4, 0.5) is 9.39 Å². The summed E-state index contributed by atoms with van der Waals surface area (Å²) in [6.07, 6.45) is 0. The van der Waals surface area contributed by atoms with Crippen molar-refractivity contribution in [1.29, 1.82) is 5.26 Å². The minimum Gasteiger partial charge on any atom is -0.310 e. The van der Waals surface area contributed by atoms with E-state index in [4.69, 9.17) is 0 Å². The van der Waals surface area contributed by atoms with Crippen LogP contribution in [0.15, 0.2) is 41.8 Å². The van der Waals surface area contributed by atoms with Gasteiger partial charge in [-0.2, -0.15) is 5.26 Å². The van der Waals surface area contributed by atoms with Crippen molar-refractivity contribution in [2.24, 2.45) is 0 Å². The van der Waals surface area contributed by atoms with Gasteiger partial charge in [0, 0.05) is 4.88 Å². The summed E-state index contributed by atoms with van der Waals surface area (Å²) in [5, 5.41) is 18.8. The van der Waals surface area contributed by atoms with Gasteiger partial charge in [0.15, 0.2) is 5.82 Å². The smallest absolute Gasteiger partial charge is 0.296 e. The number of thiophene rings is 2. The third-order valence-corrected chi connectivity index (χ3v) is 6.34. The molecule has 0 bridgehead atoms.